The molecule has 7 heteroatoms. The van der Waals surface area contributed by atoms with Gasteiger partial charge < -0.3 is 15.4 Å². The molecule has 0 atom stereocenters. The number of aryl methyl sites for hydroxylation is 2. The average molecular weight is 330 g/mol. The molecule has 1 aromatic carbocycles. The van der Waals surface area contributed by atoms with E-state index in [4.69, 9.17) is 4.74 Å². The number of nitrogens with one attached hydrogen (secondary N) is 2. The standard InChI is InChI=1S/C17H26N6O/c1-5-18-17(20-11-16-21-12-22-23(16)4)19-10-14-8-7-13(3)9-15(14)24-6-2/h7-9,12H,5-6,10-11H2,1-4H3,(H2,18,19,20). The summed E-state index contributed by atoms with van der Waals surface area (Å²) in [5, 5.41) is 10.6. The van der Waals surface area contributed by atoms with Crippen molar-refractivity contribution >= 4 is 5.96 Å². The Morgan fingerprint density at radius 1 is 1.29 bits per heavy atom. The van der Waals surface area contributed by atoms with Crippen molar-refractivity contribution in [3.05, 3.63) is 41.5 Å². The van der Waals surface area contributed by atoms with Gasteiger partial charge in [-0.25, -0.2) is 9.98 Å². The number of rotatable bonds is 7. The topological polar surface area (TPSA) is 76.4 Å². The molecular weight excluding hydrogens is 304 g/mol. The third-order valence-electron chi connectivity index (χ3n) is 3.49. The summed E-state index contributed by atoms with van der Waals surface area (Å²) in [6, 6.07) is 6.19. The van der Waals surface area contributed by atoms with Crippen molar-refractivity contribution in [1.82, 2.24) is 25.4 Å². The first kappa shape index (κ1) is 17.8. The van der Waals surface area contributed by atoms with Crippen molar-refractivity contribution in [2.45, 2.75) is 33.9 Å². The van der Waals surface area contributed by atoms with E-state index in [1.54, 1.807) is 11.0 Å². The number of aliphatic imine (C=N–C) groups is 1. The highest BCUT2D eigenvalue weighted by molar-refractivity contribution is 5.79. The first-order valence-corrected chi connectivity index (χ1v) is 8.21. The van der Waals surface area contributed by atoms with Crippen molar-refractivity contribution in [2.75, 3.05) is 13.2 Å². The molecule has 2 N–H and O–H groups in total. The molecule has 0 fully saturated rings. The molecule has 7 nitrogen and oxygen atoms in total. The van der Waals surface area contributed by atoms with Crippen molar-refractivity contribution in [2.24, 2.45) is 12.0 Å². The highest BCUT2D eigenvalue weighted by Crippen LogP contribution is 2.21. The molecule has 0 bridgehead atoms. The monoisotopic (exact) mass is 330 g/mol. The number of hydrogen-bond acceptors (Lipinski definition) is 4. The summed E-state index contributed by atoms with van der Waals surface area (Å²) >= 11 is 0. The molecule has 0 saturated heterocycles. The molecule has 2 rings (SSSR count). The van der Waals surface area contributed by atoms with Gasteiger partial charge in [0, 0.05) is 19.2 Å². The van der Waals surface area contributed by atoms with Crippen molar-refractivity contribution in [3.63, 3.8) is 0 Å². The van der Waals surface area contributed by atoms with Crippen LogP contribution in [-0.4, -0.2) is 33.9 Å². The summed E-state index contributed by atoms with van der Waals surface area (Å²) < 4.78 is 7.45. The second kappa shape index (κ2) is 8.90. The molecule has 0 radical (unpaired) electrons. The zero-order chi connectivity index (χ0) is 17.4. The second-order valence-corrected chi connectivity index (χ2v) is 5.39. The zero-order valence-corrected chi connectivity index (χ0v) is 14.8. The van der Waals surface area contributed by atoms with Gasteiger partial charge in [-0.2, -0.15) is 5.10 Å². The largest absolute Gasteiger partial charge is 0.494 e. The minimum absolute atomic E-state index is 0.545. The molecule has 0 aliphatic rings. The molecule has 0 aliphatic carbocycles. The van der Waals surface area contributed by atoms with E-state index >= 15 is 0 Å². The predicted octanol–water partition coefficient (Wildman–Crippen LogP) is 1.78. The summed E-state index contributed by atoms with van der Waals surface area (Å²) in [6.45, 7) is 8.63. The molecule has 1 heterocycles. The Kier molecular flexibility index (Phi) is 6.60. The number of ether oxygens (including phenoxy) is 1. The van der Waals surface area contributed by atoms with Gasteiger partial charge in [0.05, 0.1) is 19.7 Å². The number of hydrogen-bond donors (Lipinski definition) is 2. The van der Waals surface area contributed by atoms with Crippen LogP contribution in [0.4, 0.5) is 0 Å². The van der Waals surface area contributed by atoms with Gasteiger partial charge in [0.2, 0.25) is 0 Å². The maximum Gasteiger partial charge on any atom is 0.191 e. The lowest BCUT2D eigenvalue weighted by Crippen LogP contribution is -2.37. The fourth-order valence-electron chi connectivity index (χ4n) is 2.23. The highest BCUT2D eigenvalue weighted by atomic mass is 16.5. The van der Waals surface area contributed by atoms with Crippen molar-refractivity contribution in [1.29, 1.82) is 0 Å². The van der Waals surface area contributed by atoms with Gasteiger partial charge in [-0.05, 0) is 32.4 Å². The van der Waals surface area contributed by atoms with Gasteiger partial charge in [0.15, 0.2) is 5.96 Å². The Balaban J connectivity index is 2.06. The van der Waals surface area contributed by atoms with Crippen LogP contribution in [0.3, 0.4) is 0 Å². The van der Waals surface area contributed by atoms with Gasteiger partial charge in [-0.15, -0.1) is 0 Å². The summed E-state index contributed by atoms with van der Waals surface area (Å²) in [6.07, 6.45) is 1.54. The molecule has 2 aromatic rings. The van der Waals surface area contributed by atoms with Crippen LogP contribution < -0.4 is 15.4 Å². The molecule has 1 aromatic heterocycles. The van der Waals surface area contributed by atoms with Crippen LogP contribution in [0.25, 0.3) is 0 Å². The maximum atomic E-state index is 5.71. The first-order chi connectivity index (χ1) is 11.6. The summed E-state index contributed by atoms with van der Waals surface area (Å²) in [5.41, 5.74) is 2.25. The maximum absolute atomic E-state index is 5.71. The molecule has 0 unspecified atom stereocenters. The summed E-state index contributed by atoms with van der Waals surface area (Å²) in [4.78, 5) is 8.84. The van der Waals surface area contributed by atoms with Crippen molar-refractivity contribution < 1.29 is 4.74 Å². The van der Waals surface area contributed by atoms with E-state index in [1.165, 1.54) is 5.56 Å². The van der Waals surface area contributed by atoms with Crippen LogP contribution in [0.5, 0.6) is 5.75 Å². The van der Waals surface area contributed by atoms with E-state index in [0.29, 0.717) is 19.7 Å². The SMILES string of the molecule is CCNC(=NCc1ccc(C)cc1OCC)NCc1ncnn1C. The molecule has 24 heavy (non-hydrogen) atoms. The van der Waals surface area contributed by atoms with E-state index < -0.39 is 0 Å². The van der Waals surface area contributed by atoms with E-state index in [0.717, 1.165) is 29.6 Å². The lowest BCUT2D eigenvalue weighted by atomic mass is 10.1. The molecule has 0 aliphatic heterocycles. The Labute approximate surface area is 143 Å². The Bertz CT molecular complexity index is 679. The van der Waals surface area contributed by atoms with Crippen LogP contribution in [0.2, 0.25) is 0 Å². The molecular formula is C17H26N6O. The summed E-state index contributed by atoms with van der Waals surface area (Å²) in [5.74, 6) is 2.49. The number of aromatic nitrogens is 3. The molecule has 0 amide bonds. The lowest BCUT2D eigenvalue weighted by Gasteiger charge is -2.13. The molecule has 130 valence electrons. The summed E-state index contributed by atoms with van der Waals surface area (Å²) in [7, 11) is 1.87. The zero-order valence-electron chi connectivity index (χ0n) is 14.8. The Morgan fingerprint density at radius 2 is 2.12 bits per heavy atom. The van der Waals surface area contributed by atoms with Crippen LogP contribution in [-0.2, 0) is 20.1 Å². The fourth-order valence-corrected chi connectivity index (χ4v) is 2.23. The average Bonchev–Trinajstić information content (AvgIpc) is 2.97. The van der Waals surface area contributed by atoms with E-state index in [-0.39, 0.29) is 0 Å². The third-order valence-corrected chi connectivity index (χ3v) is 3.49. The second-order valence-electron chi connectivity index (χ2n) is 5.39. The van der Waals surface area contributed by atoms with Crippen LogP contribution in [0.1, 0.15) is 30.8 Å². The van der Waals surface area contributed by atoms with Gasteiger partial charge in [0.1, 0.15) is 17.9 Å². The number of guanidine groups is 1. The Hall–Kier alpha value is -2.57. The number of benzene rings is 1. The highest BCUT2D eigenvalue weighted by Gasteiger charge is 2.06. The van der Waals surface area contributed by atoms with Gasteiger partial charge in [0.25, 0.3) is 0 Å². The first-order valence-electron chi connectivity index (χ1n) is 8.21. The van der Waals surface area contributed by atoms with E-state index in [2.05, 4.69) is 44.8 Å². The smallest absolute Gasteiger partial charge is 0.191 e. The van der Waals surface area contributed by atoms with E-state index in [1.807, 2.05) is 27.0 Å². The normalized spacial score (nSPS) is 11.4. The van der Waals surface area contributed by atoms with E-state index in [9.17, 15) is 0 Å². The fraction of sp³-hybridized carbons (Fsp3) is 0.471. The van der Waals surface area contributed by atoms with Gasteiger partial charge >= 0.3 is 0 Å². The van der Waals surface area contributed by atoms with Crippen LogP contribution in [0, 0.1) is 6.92 Å². The molecule has 0 saturated carbocycles. The van der Waals surface area contributed by atoms with Crippen LogP contribution in [0.15, 0.2) is 29.5 Å². The van der Waals surface area contributed by atoms with Crippen molar-refractivity contribution in [3.8, 4) is 5.75 Å². The third kappa shape index (κ3) is 4.97. The lowest BCUT2D eigenvalue weighted by molar-refractivity contribution is 0.336. The number of nitrogens with zero attached hydrogens (tertiary/aromatic N) is 4. The minimum atomic E-state index is 0.545. The van der Waals surface area contributed by atoms with Crippen LogP contribution >= 0.6 is 0 Å². The van der Waals surface area contributed by atoms with Gasteiger partial charge in [-0.3, -0.25) is 4.68 Å². The quantitative estimate of drug-likeness (QED) is 0.598. The minimum Gasteiger partial charge on any atom is -0.494 e. The van der Waals surface area contributed by atoms with Gasteiger partial charge in [-0.1, -0.05) is 12.1 Å². The molecule has 0 spiro atoms. The predicted molar refractivity (Wildman–Crippen MR) is 95.0 cm³/mol. The Morgan fingerprint density at radius 3 is 2.79 bits per heavy atom.